The minimum Gasteiger partial charge on any atom is -0.383 e. The van der Waals surface area contributed by atoms with Gasteiger partial charge < -0.3 is 16.8 Å². The molecule has 0 bridgehead atoms. The van der Waals surface area contributed by atoms with Crippen LogP contribution in [0.25, 0.3) is 11.3 Å². The molecule has 8 nitrogen and oxygen atoms in total. The second-order valence-corrected chi connectivity index (χ2v) is 7.21. The third-order valence-electron chi connectivity index (χ3n) is 4.55. The molecule has 1 aromatic carbocycles. The van der Waals surface area contributed by atoms with E-state index in [0.717, 1.165) is 10.9 Å². The van der Waals surface area contributed by atoms with E-state index in [4.69, 9.17) is 11.5 Å². The molecule has 0 saturated heterocycles. The van der Waals surface area contributed by atoms with E-state index in [1.165, 1.54) is 0 Å². The van der Waals surface area contributed by atoms with Crippen molar-refractivity contribution in [2.75, 3.05) is 11.1 Å². The first-order chi connectivity index (χ1) is 15.3. The van der Waals surface area contributed by atoms with E-state index in [9.17, 15) is 31.5 Å². The molecule has 0 unspecified atom stereocenters. The number of primary amides is 1. The van der Waals surface area contributed by atoms with Crippen molar-refractivity contribution in [1.29, 1.82) is 0 Å². The maximum Gasteiger partial charge on any atom is 0.416 e. The number of amides is 2. The molecule has 13 heteroatoms. The van der Waals surface area contributed by atoms with Crippen LogP contribution in [0.3, 0.4) is 0 Å². The number of alkyl halides is 3. The molecule has 0 saturated carbocycles. The summed E-state index contributed by atoms with van der Waals surface area (Å²) < 4.78 is 69.4. The number of carbonyl (C=O) groups is 2. The number of nitrogens with zero attached hydrogens (tertiary/aromatic N) is 3. The number of pyridine rings is 1. The van der Waals surface area contributed by atoms with Gasteiger partial charge >= 0.3 is 6.18 Å². The van der Waals surface area contributed by atoms with E-state index >= 15 is 0 Å². The Morgan fingerprint density at radius 2 is 1.73 bits per heavy atom. The van der Waals surface area contributed by atoms with Crippen molar-refractivity contribution in [2.24, 2.45) is 5.73 Å². The van der Waals surface area contributed by atoms with Crippen LogP contribution >= 0.6 is 0 Å². The Morgan fingerprint density at radius 1 is 1.12 bits per heavy atom. The highest BCUT2D eigenvalue weighted by molar-refractivity contribution is 6.05. The average Bonchev–Trinajstić information content (AvgIpc) is 3.04. The minimum atomic E-state index is -4.68. The van der Waals surface area contributed by atoms with Crippen LogP contribution in [0.15, 0.2) is 30.5 Å². The number of rotatable bonds is 5. The lowest BCUT2D eigenvalue weighted by atomic mass is 10.0. The molecule has 33 heavy (non-hydrogen) atoms. The molecule has 0 aliphatic carbocycles. The molecule has 0 spiro atoms. The first-order valence-corrected chi connectivity index (χ1v) is 9.33. The lowest BCUT2D eigenvalue weighted by molar-refractivity contribution is -0.137. The van der Waals surface area contributed by atoms with Crippen LogP contribution in [0.4, 0.5) is 33.6 Å². The summed E-state index contributed by atoms with van der Waals surface area (Å²) in [6, 6.07) is 2.17. The normalized spacial score (nSPS) is 11.6. The van der Waals surface area contributed by atoms with E-state index in [1.807, 2.05) is 5.32 Å². The molecule has 2 heterocycles. The fourth-order valence-corrected chi connectivity index (χ4v) is 3.05. The third-order valence-corrected chi connectivity index (χ3v) is 4.55. The molecule has 0 radical (unpaired) electrons. The van der Waals surface area contributed by atoms with Crippen molar-refractivity contribution >= 4 is 23.5 Å². The van der Waals surface area contributed by atoms with Gasteiger partial charge in [-0.1, -0.05) is 0 Å². The van der Waals surface area contributed by atoms with Gasteiger partial charge in [-0.25, -0.2) is 18.4 Å². The number of nitrogens with two attached hydrogens (primary N) is 2. The Bertz CT molecular complexity index is 1230. The predicted octanol–water partition coefficient (Wildman–Crippen LogP) is 3.76. The maximum atomic E-state index is 14.9. The number of benzene rings is 1. The molecular formula is C20H17F5N6O2. The number of hydrogen-bond acceptors (Lipinski definition) is 5. The quantitative estimate of drug-likeness (QED) is 0.491. The highest BCUT2D eigenvalue weighted by Crippen LogP contribution is 2.34. The number of aromatic nitrogens is 3. The first-order valence-electron chi connectivity index (χ1n) is 9.33. The molecule has 2 aromatic heterocycles. The van der Waals surface area contributed by atoms with Crippen molar-refractivity contribution < 1.29 is 31.5 Å². The number of hydrogen-bond donors (Lipinski definition) is 3. The van der Waals surface area contributed by atoms with Gasteiger partial charge in [0, 0.05) is 17.8 Å². The molecule has 0 aliphatic rings. The van der Waals surface area contributed by atoms with E-state index < -0.39 is 63.4 Å². The number of nitrogen functional groups attached to an aromatic ring is 1. The lowest BCUT2D eigenvalue weighted by Gasteiger charge is -2.10. The van der Waals surface area contributed by atoms with Gasteiger partial charge in [-0.15, -0.1) is 0 Å². The minimum absolute atomic E-state index is 0.191. The van der Waals surface area contributed by atoms with Crippen LogP contribution in [0, 0.1) is 11.6 Å². The van der Waals surface area contributed by atoms with Crippen molar-refractivity contribution in [3.8, 4) is 11.3 Å². The molecule has 0 aliphatic heterocycles. The monoisotopic (exact) mass is 468 g/mol. The van der Waals surface area contributed by atoms with Crippen molar-refractivity contribution in [1.82, 2.24) is 14.8 Å². The lowest BCUT2D eigenvalue weighted by Crippen LogP contribution is -2.16. The topological polar surface area (TPSA) is 129 Å². The fraction of sp³-hybridized carbons (Fsp3) is 0.200. The summed E-state index contributed by atoms with van der Waals surface area (Å²) in [7, 11) is 0. The van der Waals surface area contributed by atoms with Crippen LogP contribution in [0.2, 0.25) is 0 Å². The van der Waals surface area contributed by atoms with Gasteiger partial charge in [-0.05, 0) is 38.1 Å². The fourth-order valence-electron chi connectivity index (χ4n) is 3.05. The van der Waals surface area contributed by atoms with E-state index in [2.05, 4.69) is 10.1 Å². The van der Waals surface area contributed by atoms with Crippen LogP contribution in [-0.4, -0.2) is 26.6 Å². The number of halogens is 5. The molecule has 3 aromatic rings. The first kappa shape index (κ1) is 23.6. The number of anilines is 2. The molecule has 2 amide bonds. The summed E-state index contributed by atoms with van der Waals surface area (Å²) in [5.74, 6) is -5.39. The average molecular weight is 468 g/mol. The van der Waals surface area contributed by atoms with Gasteiger partial charge in [0.1, 0.15) is 34.5 Å². The second-order valence-electron chi connectivity index (χ2n) is 7.21. The molecule has 0 atom stereocenters. The van der Waals surface area contributed by atoms with Gasteiger partial charge in [-0.2, -0.15) is 18.3 Å². The summed E-state index contributed by atoms with van der Waals surface area (Å²) in [4.78, 5) is 27.8. The van der Waals surface area contributed by atoms with Crippen LogP contribution in [0.5, 0.6) is 0 Å². The third kappa shape index (κ3) is 4.61. The summed E-state index contributed by atoms with van der Waals surface area (Å²) in [5.41, 5.74) is 7.94. The van der Waals surface area contributed by atoms with Gasteiger partial charge in [0.2, 0.25) is 0 Å². The van der Waals surface area contributed by atoms with Crippen LogP contribution in [-0.2, 0) is 6.18 Å². The van der Waals surface area contributed by atoms with Gasteiger partial charge in [0.15, 0.2) is 0 Å². The SMILES string of the molecule is CC(C)n1nc(-c2c(F)cc(C(=O)Nc3cc(C(F)(F)F)ccn3)cc2F)c(C(N)=O)c1N. The Hall–Kier alpha value is -4.03. The van der Waals surface area contributed by atoms with Crippen LogP contribution in [0.1, 0.15) is 46.2 Å². The molecule has 3 rings (SSSR count). The smallest absolute Gasteiger partial charge is 0.383 e. The van der Waals surface area contributed by atoms with E-state index in [1.54, 1.807) is 13.8 Å². The number of nitrogens with one attached hydrogen (secondary N) is 1. The van der Waals surface area contributed by atoms with Gasteiger partial charge in [0.25, 0.3) is 11.8 Å². The largest absolute Gasteiger partial charge is 0.416 e. The van der Waals surface area contributed by atoms with Crippen molar-refractivity contribution in [2.45, 2.75) is 26.1 Å². The zero-order valence-corrected chi connectivity index (χ0v) is 17.2. The second kappa shape index (κ2) is 8.48. The zero-order valence-electron chi connectivity index (χ0n) is 17.2. The summed E-state index contributed by atoms with van der Waals surface area (Å²) in [5, 5.41) is 6.04. The Labute approximate surface area is 183 Å². The van der Waals surface area contributed by atoms with E-state index in [-0.39, 0.29) is 11.9 Å². The molecule has 174 valence electrons. The standard InChI is InChI=1S/C20H17F5N6O2/c1-8(2)31-17(26)15(18(27)32)16(30-31)14-11(21)5-9(6-12(14)22)19(33)29-13-7-10(3-4-28-13)20(23,24)25/h3-8H,26H2,1-2H3,(H2,27,32)(H,28,29,33). The summed E-state index contributed by atoms with van der Waals surface area (Å²) in [6.45, 7) is 3.33. The summed E-state index contributed by atoms with van der Waals surface area (Å²) in [6.07, 6.45) is -3.86. The maximum absolute atomic E-state index is 14.9. The van der Waals surface area contributed by atoms with Crippen LogP contribution < -0.4 is 16.8 Å². The van der Waals surface area contributed by atoms with Gasteiger partial charge in [-0.3, -0.25) is 9.59 Å². The predicted molar refractivity (Wildman–Crippen MR) is 108 cm³/mol. The van der Waals surface area contributed by atoms with E-state index in [0.29, 0.717) is 24.3 Å². The number of carbonyl (C=O) groups excluding carboxylic acids is 2. The Morgan fingerprint density at radius 3 is 2.24 bits per heavy atom. The van der Waals surface area contributed by atoms with Crippen molar-refractivity contribution in [3.05, 3.63) is 58.8 Å². The Kier molecular flexibility index (Phi) is 6.07. The van der Waals surface area contributed by atoms with Gasteiger partial charge in [0.05, 0.1) is 11.1 Å². The molecule has 5 N–H and O–H groups in total. The highest BCUT2D eigenvalue weighted by atomic mass is 19.4. The summed E-state index contributed by atoms with van der Waals surface area (Å²) >= 11 is 0. The molecule has 0 fully saturated rings. The van der Waals surface area contributed by atoms with Crippen molar-refractivity contribution in [3.63, 3.8) is 0 Å². The highest BCUT2D eigenvalue weighted by Gasteiger charge is 2.31. The molecular weight excluding hydrogens is 451 g/mol. The zero-order chi connectivity index (χ0) is 24.7. The Balaban J connectivity index is 2.00.